The predicted octanol–water partition coefficient (Wildman–Crippen LogP) is 1.05. The van der Waals surface area contributed by atoms with Gasteiger partial charge in [0.05, 0.1) is 11.9 Å². The number of pyridine rings is 1. The minimum absolute atomic E-state index is 0.101. The Hall–Kier alpha value is -1.98. The largest absolute Gasteiger partial charge is 0.479 e. The molecule has 0 bridgehead atoms. The van der Waals surface area contributed by atoms with Crippen molar-refractivity contribution in [2.45, 2.75) is 25.8 Å². The number of carboxylic acids is 1. The number of carboxylic acid groups (broad SMARTS) is 1. The van der Waals surface area contributed by atoms with Gasteiger partial charge in [-0.1, -0.05) is 6.92 Å². The summed E-state index contributed by atoms with van der Waals surface area (Å²) in [7, 11) is 0. The van der Waals surface area contributed by atoms with Crippen molar-refractivity contribution in [1.29, 1.82) is 0 Å². The minimum atomic E-state index is -1.61. The number of carbonyl (C=O) groups excluding carboxylic acids is 1. The second-order valence-corrected chi connectivity index (χ2v) is 3.61. The Morgan fingerprint density at radius 2 is 2.18 bits per heavy atom. The highest BCUT2D eigenvalue weighted by atomic mass is 19.1. The van der Waals surface area contributed by atoms with Gasteiger partial charge < -0.3 is 10.4 Å². The lowest BCUT2D eigenvalue weighted by molar-refractivity contribution is -0.148. The van der Waals surface area contributed by atoms with Crippen molar-refractivity contribution < 1.29 is 19.1 Å². The van der Waals surface area contributed by atoms with Crippen molar-refractivity contribution in [3.63, 3.8) is 0 Å². The van der Waals surface area contributed by atoms with Gasteiger partial charge in [-0.25, -0.2) is 9.18 Å². The van der Waals surface area contributed by atoms with Crippen LogP contribution in [-0.2, 0) is 15.1 Å². The van der Waals surface area contributed by atoms with E-state index in [9.17, 15) is 19.1 Å². The number of rotatable bonds is 4. The first-order chi connectivity index (χ1) is 7.92. The summed E-state index contributed by atoms with van der Waals surface area (Å²) in [6.45, 7) is 2.83. The molecule has 92 valence electrons. The molecule has 1 unspecified atom stereocenters. The molecule has 0 saturated carbocycles. The van der Waals surface area contributed by atoms with Crippen LogP contribution in [0.1, 0.15) is 26.0 Å². The number of nitrogens with one attached hydrogen (secondary N) is 1. The summed E-state index contributed by atoms with van der Waals surface area (Å²) >= 11 is 0. The van der Waals surface area contributed by atoms with Crippen LogP contribution in [0.5, 0.6) is 0 Å². The van der Waals surface area contributed by atoms with Gasteiger partial charge in [-0.15, -0.1) is 0 Å². The first-order valence-corrected chi connectivity index (χ1v) is 5.06. The van der Waals surface area contributed by atoms with Crippen molar-refractivity contribution in [1.82, 2.24) is 10.3 Å². The van der Waals surface area contributed by atoms with Crippen LogP contribution in [-0.4, -0.2) is 22.0 Å². The molecule has 1 rings (SSSR count). The maximum absolute atomic E-state index is 12.7. The fourth-order valence-electron chi connectivity index (χ4n) is 1.58. The molecule has 0 aromatic carbocycles. The van der Waals surface area contributed by atoms with Gasteiger partial charge in [-0.2, -0.15) is 0 Å². The zero-order valence-electron chi connectivity index (χ0n) is 9.53. The van der Waals surface area contributed by atoms with Gasteiger partial charge >= 0.3 is 5.97 Å². The van der Waals surface area contributed by atoms with Crippen LogP contribution in [0.4, 0.5) is 4.39 Å². The fraction of sp³-hybridized carbons (Fsp3) is 0.364. The summed E-state index contributed by atoms with van der Waals surface area (Å²) in [5.41, 5.74) is -1.51. The smallest absolute Gasteiger partial charge is 0.335 e. The molecule has 0 aliphatic carbocycles. The number of aliphatic carboxylic acids is 1. The molecule has 17 heavy (non-hydrogen) atoms. The standard InChI is InChI=1S/C11H13FN2O3/c1-3-11(10(16)17,14-7(2)15)9-5-4-8(12)6-13-9/h4-6H,3H2,1-2H3,(H,14,15)(H,16,17). The lowest BCUT2D eigenvalue weighted by Gasteiger charge is -2.28. The Balaban J connectivity index is 3.26. The molecular formula is C11H13FN2O3. The molecule has 1 aromatic heterocycles. The molecule has 0 saturated heterocycles. The van der Waals surface area contributed by atoms with Crippen molar-refractivity contribution in [2.75, 3.05) is 0 Å². The molecule has 0 aliphatic rings. The van der Waals surface area contributed by atoms with E-state index >= 15 is 0 Å². The van der Waals surface area contributed by atoms with E-state index in [2.05, 4.69) is 10.3 Å². The lowest BCUT2D eigenvalue weighted by atomic mass is 9.91. The van der Waals surface area contributed by atoms with Crippen LogP contribution in [0, 0.1) is 5.82 Å². The summed E-state index contributed by atoms with van der Waals surface area (Å²) in [6.07, 6.45) is 1.03. The van der Waals surface area contributed by atoms with Crippen LogP contribution < -0.4 is 5.32 Å². The van der Waals surface area contributed by atoms with Gasteiger partial charge in [0, 0.05) is 6.92 Å². The Kier molecular flexibility index (Phi) is 3.77. The number of hydrogen-bond donors (Lipinski definition) is 2. The average molecular weight is 240 g/mol. The van der Waals surface area contributed by atoms with Gasteiger partial charge in [0.15, 0.2) is 5.54 Å². The van der Waals surface area contributed by atoms with Gasteiger partial charge in [-0.3, -0.25) is 9.78 Å². The minimum Gasteiger partial charge on any atom is -0.479 e. The van der Waals surface area contributed by atoms with E-state index in [0.29, 0.717) is 0 Å². The van der Waals surface area contributed by atoms with E-state index in [1.807, 2.05) is 0 Å². The van der Waals surface area contributed by atoms with Crippen LogP contribution >= 0.6 is 0 Å². The number of halogens is 1. The zero-order valence-corrected chi connectivity index (χ0v) is 9.53. The topological polar surface area (TPSA) is 79.3 Å². The maximum Gasteiger partial charge on any atom is 0.335 e. The molecule has 0 aliphatic heterocycles. The second-order valence-electron chi connectivity index (χ2n) is 3.61. The normalized spacial score (nSPS) is 13.8. The average Bonchev–Trinajstić information content (AvgIpc) is 2.26. The van der Waals surface area contributed by atoms with E-state index in [1.54, 1.807) is 6.92 Å². The maximum atomic E-state index is 12.7. The Morgan fingerprint density at radius 3 is 2.53 bits per heavy atom. The number of aromatic nitrogens is 1. The zero-order chi connectivity index (χ0) is 13.1. The highest BCUT2D eigenvalue weighted by molar-refractivity contribution is 5.86. The number of nitrogens with zero attached hydrogens (tertiary/aromatic N) is 1. The van der Waals surface area contributed by atoms with Crippen LogP contribution in [0.15, 0.2) is 18.3 Å². The number of amides is 1. The molecule has 5 nitrogen and oxygen atoms in total. The Bertz CT molecular complexity index is 433. The van der Waals surface area contributed by atoms with Gasteiger partial charge in [-0.05, 0) is 18.6 Å². The van der Waals surface area contributed by atoms with Crippen molar-refractivity contribution in [3.8, 4) is 0 Å². The lowest BCUT2D eigenvalue weighted by Crippen LogP contribution is -2.51. The molecule has 6 heteroatoms. The van der Waals surface area contributed by atoms with E-state index in [1.165, 1.54) is 13.0 Å². The molecule has 0 fully saturated rings. The van der Waals surface area contributed by atoms with E-state index in [-0.39, 0.29) is 12.1 Å². The monoisotopic (exact) mass is 240 g/mol. The predicted molar refractivity (Wildman–Crippen MR) is 57.6 cm³/mol. The summed E-state index contributed by atoms with van der Waals surface area (Å²) in [5.74, 6) is -2.28. The Morgan fingerprint density at radius 1 is 1.53 bits per heavy atom. The Labute approximate surface area is 97.7 Å². The van der Waals surface area contributed by atoms with E-state index < -0.39 is 23.2 Å². The van der Waals surface area contributed by atoms with Crippen molar-refractivity contribution in [3.05, 3.63) is 29.8 Å². The van der Waals surface area contributed by atoms with Crippen molar-refractivity contribution in [2.24, 2.45) is 0 Å². The van der Waals surface area contributed by atoms with Crippen LogP contribution in [0.2, 0.25) is 0 Å². The quantitative estimate of drug-likeness (QED) is 0.824. The third-order valence-corrected chi connectivity index (χ3v) is 2.45. The summed E-state index contributed by atoms with van der Waals surface area (Å²) in [6, 6.07) is 2.36. The summed E-state index contributed by atoms with van der Waals surface area (Å²) in [4.78, 5) is 26.1. The van der Waals surface area contributed by atoms with E-state index in [0.717, 1.165) is 12.3 Å². The van der Waals surface area contributed by atoms with Gasteiger partial charge in [0.1, 0.15) is 5.82 Å². The number of hydrogen-bond acceptors (Lipinski definition) is 3. The SMILES string of the molecule is CCC(NC(C)=O)(C(=O)O)c1ccc(F)cn1. The molecular weight excluding hydrogens is 227 g/mol. The third kappa shape index (κ3) is 2.58. The fourth-order valence-corrected chi connectivity index (χ4v) is 1.58. The highest BCUT2D eigenvalue weighted by Crippen LogP contribution is 2.23. The summed E-state index contributed by atoms with van der Waals surface area (Å²) in [5, 5.41) is 11.6. The summed E-state index contributed by atoms with van der Waals surface area (Å²) < 4.78 is 12.7. The highest BCUT2D eigenvalue weighted by Gasteiger charge is 2.41. The first-order valence-electron chi connectivity index (χ1n) is 5.06. The second kappa shape index (κ2) is 4.90. The molecule has 1 heterocycles. The van der Waals surface area contributed by atoms with Gasteiger partial charge in [0.2, 0.25) is 5.91 Å². The third-order valence-electron chi connectivity index (χ3n) is 2.45. The molecule has 0 spiro atoms. The van der Waals surface area contributed by atoms with Crippen LogP contribution in [0.3, 0.4) is 0 Å². The molecule has 1 aromatic rings. The van der Waals surface area contributed by atoms with Crippen LogP contribution in [0.25, 0.3) is 0 Å². The molecule has 1 amide bonds. The first kappa shape index (κ1) is 13.1. The van der Waals surface area contributed by atoms with E-state index in [4.69, 9.17) is 0 Å². The van der Waals surface area contributed by atoms with Gasteiger partial charge in [0.25, 0.3) is 0 Å². The molecule has 2 N–H and O–H groups in total. The van der Waals surface area contributed by atoms with Crippen molar-refractivity contribution >= 4 is 11.9 Å². The molecule has 0 radical (unpaired) electrons. The molecule has 1 atom stereocenters. The number of carbonyl (C=O) groups is 2.